The fourth-order valence-electron chi connectivity index (χ4n) is 3.23. The van der Waals surface area contributed by atoms with Gasteiger partial charge in [-0.3, -0.25) is 9.10 Å². The number of fused-ring (bicyclic) bond motifs is 1. The Bertz CT molecular complexity index is 963. The van der Waals surface area contributed by atoms with Crippen molar-refractivity contribution < 1.29 is 13.2 Å². The van der Waals surface area contributed by atoms with Gasteiger partial charge in [0.1, 0.15) is 0 Å². The highest BCUT2D eigenvalue weighted by molar-refractivity contribution is 7.92. The second-order valence-electron chi connectivity index (χ2n) is 6.46. The van der Waals surface area contributed by atoms with Gasteiger partial charge in [-0.05, 0) is 42.7 Å². The van der Waals surface area contributed by atoms with Crippen molar-refractivity contribution in [2.45, 2.75) is 19.3 Å². The lowest BCUT2D eigenvalue weighted by Gasteiger charge is -2.23. The highest BCUT2D eigenvalue weighted by atomic mass is 35.5. The van der Waals surface area contributed by atoms with E-state index in [9.17, 15) is 13.2 Å². The van der Waals surface area contributed by atoms with E-state index in [1.165, 1.54) is 15.9 Å². The molecule has 0 atom stereocenters. The van der Waals surface area contributed by atoms with Crippen LogP contribution in [-0.2, 0) is 21.2 Å². The van der Waals surface area contributed by atoms with Gasteiger partial charge in [0.05, 0.1) is 22.0 Å². The summed E-state index contributed by atoms with van der Waals surface area (Å²) in [5.41, 5.74) is 2.55. The van der Waals surface area contributed by atoms with E-state index in [1.54, 1.807) is 17.0 Å². The zero-order valence-electron chi connectivity index (χ0n) is 14.9. The second-order valence-corrected chi connectivity index (χ2v) is 9.18. The van der Waals surface area contributed by atoms with Gasteiger partial charge in [0.15, 0.2) is 0 Å². The molecular formula is C19H20Cl2N2O3S. The molecule has 3 rings (SSSR count). The van der Waals surface area contributed by atoms with Crippen LogP contribution in [0.2, 0.25) is 10.0 Å². The Hall–Kier alpha value is -1.76. The van der Waals surface area contributed by atoms with Gasteiger partial charge < -0.3 is 4.90 Å². The standard InChI is InChI=1S/C19H20Cl2N2O3S/c1-27(25,26)23(15-8-9-16(20)17(21)13-15)11-4-7-19(24)22-12-10-14-5-2-3-6-18(14)22/h2-3,5-6,8-9,13H,4,7,10-12H2,1H3. The molecule has 1 aliphatic heterocycles. The third-order valence-electron chi connectivity index (χ3n) is 4.53. The summed E-state index contributed by atoms with van der Waals surface area (Å²) in [7, 11) is -3.51. The van der Waals surface area contributed by atoms with E-state index in [4.69, 9.17) is 23.2 Å². The lowest BCUT2D eigenvalue weighted by molar-refractivity contribution is -0.118. The molecule has 0 saturated carbocycles. The summed E-state index contributed by atoms with van der Waals surface area (Å²) >= 11 is 11.9. The fourth-order valence-corrected chi connectivity index (χ4v) is 4.48. The Morgan fingerprint density at radius 3 is 2.59 bits per heavy atom. The highest BCUT2D eigenvalue weighted by Crippen LogP contribution is 2.30. The quantitative estimate of drug-likeness (QED) is 0.697. The van der Waals surface area contributed by atoms with Crippen LogP contribution < -0.4 is 9.21 Å². The number of nitrogens with zero attached hydrogens (tertiary/aromatic N) is 2. The molecular weight excluding hydrogens is 407 g/mol. The summed E-state index contributed by atoms with van der Waals surface area (Å²) in [4.78, 5) is 14.4. The van der Waals surface area contributed by atoms with E-state index < -0.39 is 10.0 Å². The number of carbonyl (C=O) groups excluding carboxylic acids is 1. The monoisotopic (exact) mass is 426 g/mol. The number of sulfonamides is 1. The number of anilines is 2. The Morgan fingerprint density at radius 1 is 1.15 bits per heavy atom. The topological polar surface area (TPSA) is 57.7 Å². The van der Waals surface area contributed by atoms with E-state index >= 15 is 0 Å². The molecule has 2 aromatic carbocycles. The maximum absolute atomic E-state index is 12.6. The van der Waals surface area contributed by atoms with Crippen LogP contribution in [0.4, 0.5) is 11.4 Å². The molecule has 2 aromatic rings. The van der Waals surface area contributed by atoms with Gasteiger partial charge in [0, 0.05) is 25.2 Å². The van der Waals surface area contributed by atoms with Gasteiger partial charge in [0.2, 0.25) is 15.9 Å². The van der Waals surface area contributed by atoms with E-state index in [0.29, 0.717) is 23.7 Å². The van der Waals surface area contributed by atoms with Gasteiger partial charge in [-0.25, -0.2) is 8.42 Å². The summed E-state index contributed by atoms with van der Waals surface area (Å²) < 4.78 is 25.6. The van der Waals surface area contributed by atoms with E-state index in [1.807, 2.05) is 24.3 Å². The zero-order valence-corrected chi connectivity index (χ0v) is 17.2. The smallest absolute Gasteiger partial charge is 0.232 e. The van der Waals surface area contributed by atoms with Gasteiger partial charge in [-0.2, -0.15) is 0 Å². The Morgan fingerprint density at radius 2 is 1.89 bits per heavy atom. The van der Waals surface area contributed by atoms with Crippen LogP contribution in [0, 0.1) is 0 Å². The first-order chi connectivity index (χ1) is 12.8. The van der Waals surface area contributed by atoms with Crippen molar-refractivity contribution in [3.05, 3.63) is 58.1 Å². The van der Waals surface area contributed by atoms with Crippen molar-refractivity contribution in [3.63, 3.8) is 0 Å². The van der Waals surface area contributed by atoms with Gasteiger partial charge >= 0.3 is 0 Å². The number of hydrogen-bond acceptors (Lipinski definition) is 3. The van der Waals surface area contributed by atoms with Crippen LogP contribution in [0.25, 0.3) is 0 Å². The Balaban J connectivity index is 1.66. The predicted molar refractivity (Wildman–Crippen MR) is 110 cm³/mol. The predicted octanol–water partition coefficient (Wildman–Crippen LogP) is 4.13. The molecule has 1 heterocycles. The molecule has 0 spiro atoms. The molecule has 1 aliphatic rings. The van der Waals surface area contributed by atoms with Crippen molar-refractivity contribution in [1.82, 2.24) is 0 Å². The highest BCUT2D eigenvalue weighted by Gasteiger charge is 2.24. The van der Waals surface area contributed by atoms with Crippen molar-refractivity contribution in [2.24, 2.45) is 0 Å². The molecule has 0 fully saturated rings. The number of carbonyl (C=O) groups is 1. The van der Waals surface area contributed by atoms with Crippen LogP contribution in [0.1, 0.15) is 18.4 Å². The first-order valence-electron chi connectivity index (χ1n) is 8.58. The van der Waals surface area contributed by atoms with E-state index in [-0.39, 0.29) is 23.9 Å². The largest absolute Gasteiger partial charge is 0.312 e. The average Bonchev–Trinajstić information content (AvgIpc) is 3.04. The van der Waals surface area contributed by atoms with Crippen molar-refractivity contribution in [1.29, 1.82) is 0 Å². The lowest BCUT2D eigenvalue weighted by atomic mass is 10.2. The van der Waals surface area contributed by atoms with Crippen molar-refractivity contribution in [3.8, 4) is 0 Å². The zero-order chi connectivity index (χ0) is 19.6. The normalized spacial score (nSPS) is 13.5. The van der Waals surface area contributed by atoms with Gasteiger partial charge in [0.25, 0.3) is 0 Å². The fraction of sp³-hybridized carbons (Fsp3) is 0.316. The molecule has 5 nitrogen and oxygen atoms in total. The van der Waals surface area contributed by atoms with Gasteiger partial charge in [-0.15, -0.1) is 0 Å². The first-order valence-corrected chi connectivity index (χ1v) is 11.2. The van der Waals surface area contributed by atoms with Crippen molar-refractivity contribution in [2.75, 3.05) is 28.6 Å². The molecule has 8 heteroatoms. The van der Waals surface area contributed by atoms with Crippen LogP contribution >= 0.6 is 23.2 Å². The maximum atomic E-state index is 12.6. The van der Waals surface area contributed by atoms with Crippen molar-refractivity contribution >= 4 is 50.5 Å². The van der Waals surface area contributed by atoms with Crippen LogP contribution in [0.15, 0.2) is 42.5 Å². The number of halogens is 2. The molecule has 1 amide bonds. The summed E-state index contributed by atoms with van der Waals surface area (Å²) in [5, 5.41) is 0.643. The summed E-state index contributed by atoms with van der Waals surface area (Å²) in [5.74, 6) is 0.00235. The molecule has 0 unspecified atom stereocenters. The molecule has 0 aliphatic carbocycles. The SMILES string of the molecule is CS(=O)(=O)N(CCCC(=O)N1CCc2ccccc21)c1ccc(Cl)c(Cl)c1. The second kappa shape index (κ2) is 8.09. The molecule has 0 saturated heterocycles. The molecule has 27 heavy (non-hydrogen) atoms. The van der Waals surface area contributed by atoms with Crippen LogP contribution in [-0.4, -0.2) is 33.7 Å². The average molecular weight is 427 g/mol. The Kier molecular flexibility index (Phi) is 5.99. The lowest BCUT2D eigenvalue weighted by Crippen LogP contribution is -2.33. The first kappa shape index (κ1) is 20.0. The van der Waals surface area contributed by atoms with E-state index in [2.05, 4.69) is 0 Å². The molecule has 144 valence electrons. The molecule has 0 aromatic heterocycles. The van der Waals surface area contributed by atoms with E-state index in [0.717, 1.165) is 18.4 Å². The molecule has 0 bridgehead atoms. The van der Waals surface area contributed by atoms with Crippen LogP contribution in [0.3, 0.4) is 0 Å². The molecule has 0 N–H and O–H groups in total. The summed E-state index contributed by atoms with van der Waals surface area (Å²) in [6.45, 7) is 0.860. The molecule has 0 radical (unpaired) electrons. The third-order valence-corrected chi connectivity index (χ3v) is 6.46. The van der Waals surface area contributed by atoms with Crippen LogP contribution in [0.5, 0.6) is 0 Å². The number of benzene rings is 2. The number of hydrogen-bond donors (Lipinski definition) is 0. The Labute approximate surface area is 169 Å². The minimum atomic E-state index is -3.51. The number of para-hydroxylation sites is 1. The minimum absolute atomic E-state index is 0.00235. The number of amides is 1. The summed E-state index contributed by atoms with van der Waals surface area (Å²) in [6.07, 6.45) is 2.65. The number of rotatable bonds is 6. The summed E-state index contributed by atoms with van der Waals surface area (Å²) in [6, 6.07) is 12.5. The van der Waals surface area contributed by atoms with Gasteiger partial charge in [-0.1, -0.05) is 41.4 Å². The third kappa shape index (κ3) is 4.57. The minimum Gasteiger partial charge on any atom is -0.312 e. The maximum Gasteiger partial charge on any atom is 0.232 e.